The molecule has 13 heavy (non-hydrogen) atoms. The number of nitrogens with zero attached hydrogens (tertiary/aromatic N) is 2. The molecule has 0 fully saturated rings. The molecule has 0 atom stereocenters. The normalized spacial score (nSPS) is 10.2. The van der Waals surface area contributed by atoms with Crippen LogP contribution in [0.4, 0.5) is 5.13 Å². The summed E-state index contributed by atoms with van der Waals surface area (Å²) in [6.07, 6.45) is 5.41. The van der Waals surface area contributed by atoms with E-state index in [1.54, 1.807) is 12.4 Å². The van der Waals surface area contributed by atoms with Gasteiger partial charge in [0.1, 0.15) is 0 Å². The highest BCUT2D eigenvalue weighted by molar-refractivity contribution is 7.18. The van der Waals surface area contributed by atoms with Crippen molar-refractivity contribution in [3.8, 4) is 10.4 Å². The zero-order valence-electron chi connectivity index (χ0n) is 7.19. The van der Waals surface area contributed by atoms with Crippen molar-refractivity contribution in [2.45, 2.75) is 6.92 Å². The number of hydrogen-bond acceptors (Lipinski definition) is 4. The molecule has 66 valence electrons. The molecular formula is C9H9N3S. The van der Waals surface area contributed by atoms with Gasteiger partial charge in [0, 0.05) is 18.6 Å². The number of aryl methyl sites for hydroxylation is 1. The van der Waals surface area contributed by atoms with Crippen LogP contribution in [0.2, 0.25) is 0 Å². The third kappa shape index (κ3) is 1.53. The lowest BCUT2D eigenvalue weighted by molar-refractivity contribution is 1.27. The first-order chi connectivity index (χ1) is 6.27. The predicted molar refractivity (Wildman–Crippen MR) is 54.5 cm³/mol. The van der Waals surface area contributed by atoms with Crippen molar-refractivity contribution < 1.29 is 0 Å². The second-order valence-corrected chi connectivity index (χ2v) is 3.82. The fraction of sp³-hybridized carbons (Fsp3) is 0.111. The average molecular weight is 191 g/mol. The van der Waals surface area contributed by atoms with Crippen LogP contribution in [-0.2, 0) is 0 Å². The number of nitrogen functional groups attached to an aromatic ring is 1. The maximum Gasteiger partial charge on any atom is 0.180 e. The zero-order chi connectivity index (χ0) is 9.26. The Balaban J connectivity index is 2.52. The lowest BCUT2D eigenvalue weighted by Crippen LogP contribution is -1.80. The molecule has 0 aliphatic rings. The average Bonchev–Trinajstić information content (AvgIpc) is 2.53. The molecule has 2 aromatic rings. The van der Waals surface area contributed by atoms with E-state index < -0.39 is 0 Å². The quantitative estimate of drug-likeness (QED) is 0.751. The fourth-order valence-corrected chi connectivity index (χ4v) is 1.94. The Morgan fingerprint density at radius 3 is 2.85 bits per heavy atom. The van der Waals surface area contributed by atoms with Crippen LogP contribution in [-0.4, -0.2) is 9.97 Å². The van der Waals surface area contributed by atoms with Crippen molar-refractivity contribution in [1.82, 2.24) is 9.97 Å². The minimum Gasteiger partial charge on any atom is -0.375 e. The summed E-state index contributed by atoms with van der Waals surface area (Å²) < 4.78 is 0. The lowest BCUT2D eigenvalue weighted by Gasteiger charge is -1.99. The van der Waals surface area contributed by atoms with E-state index in [9.17, 15) is 0 Å². The van der Waals surface area contributed by atoms with E-state index >= 15 is 0 Å². The van der Waals surface area contributed by atoms with Gasteiger partial charge in [-0.2, -0.15) is 0 Å². The predicted octanol–water partition coefficient (Wildman–Crippen LogP) is 2.10. The van der Waals surface area contributed by atoms with Crippen LogP contribution >= 0.6 is 11.3 Å². The summed E-state index contributed by atoms with van der Waals surface area (Å²) in [6.45, 7) is 2.03. The molecule has 0 saturated carbocycles. The third-order valence-electron chi connectivity index (χ3n) is 1.81. The maximum atomic E-state index is 5.56. The molecule has 0 aliphatic carbocycles. The van der Waals surface area contributed by atoms with E-state index in [-0.39, 0.29) is 0 Å². The molecule has 2 aromatic heterocycles. The number of aromatic nitrogens is 2. The molecule has 0 unspecified atom stereocenters. The Kier molecular flexibility index (Phi) is 1.98. The number of anilines is 1. The van der Waals surface area contributed by atoms with Crippen LogP contribution < -0.4 is 5.73 Å². The molecule has 0 saturated heterocycles. The summed E-state index contributed by atoms with van der Waals surface area (Å²) in [4.78, 5) is 9.14. The minimum absolute atomic E-state index is 0.603. The summed E-state index contributed by atoms with van der Waals surface area (Å²) in [5.74, 6) is 0. The van der Waals surface area contributed by atoms with Crippen LogP contribution in [0, 0.1) is 6.92 Å². The van der Waals surface area contributed by atoms with E-state index in [1.807, 2.05) is 19.2 Å². The van der Waals surface area contributed by atoms with Crippen LogP contribution in [0.25, 0.3) is 10.4 Å². The Labute approximate surface area is 80.3 Å². The highest BCUT2D eigenvalue weighted by Gasteiger charge is 2.04. The maximum absolute atomic E-state index is 5.56. The Morgan fingerprint density at radius 2 is 2.23 bits per heavy atom. The van der Waals surface area contributed by atoms with E-state index in [1.165, 1.54) is 11.3 Å². The molecule has 0 radical (unpaired) electrons. The van der Waals surface area contributed by atoms with Gasteiger partial charge in [0.15, 0.2) is 5.13 Å². The van der Waals surface area contributed by atoms with Gasteiger partial charge in [-0.05, 0) is 24.1 Å². The van der Waals surface area contributed by atoms with E-state index in [4.69, 9.17) is 5.73 Å². The topological polar surface area (TPSA) is 51.8 Å². The zero-order valence-corrected chi connectivity index (χ0v) is 8.01. The van der Waals surface area contributed by atoms with Crippen LogP contribution in [0.5, 0.6) is 0 Å². The molecule has 0 aromatic carbocycles. The molecule has 2 heterocycles. The third-order valence-corrected chi connectivity index (χ3v) is 2.67. The van der Waals surface area contributed by atoms with Crippen molar-refractivity contribution in [2.75, 3.05) is 5.73 Å². The number of nitrogens with two attached hydrogens (primary N) is 1. The van der Waals surface area contributed by atoms with E-state index in [0.717, 1.165) is 16.0 Å². The van der Waals surface area contributed by atoms with Crippen molar-refractivity contribution in [1.29, 1.82) is 0 Å². The van der Waals surface area contributed by atoms with Crippen LogP contribution in [0.1, 0.15) is 5.56 Å². The Bertz CT molecular complexity index is 422. The van der Waals surface area contributed by atoms with Gasteiger partial charge in [0.2, 0.25) is 0 Å². The molecule has 0 amide bonds. The van der Waals surface area contributed by atoms with Crippen molar-refractivity contribution in [3.05, 3.63) is 30.2 Å². The monoisotopic (exact) mass is 191 g/mol. The molecule has 2 rings (SSSR count). The van der Waals surface area contributed by atoms with Gasteiger partial charge < -0.3 is 5.73 Å². The highest BCUT2D eigenvalue weighted by atomic mass is 32.1. The summed E-state index contributed by atoms with van der Waals surface area (Å²) >= 11 is 1.49. The number of hydrogen-bond donors (Lipinski definition) is 1. The van der Waals surface area contributed by atoms with Gasteiger partial charge in [0.25, 0.3) is 0 Å². The smallest absolute Gasteiger partial charge is 0.180 e. The summed E-state index contributed by atoms with van der Waals surface area (Å²) in [7, 11) is 0. The number of pyridine rings is 1. The van der Waals surface area contributed by atoms with Crippen molar-refractivity contribution in [3.63, 3.8) is 0 Å². The number of rotatable bonds is 1. The second-order valence-electron chi connectivity index (χ2n) is 2.75. The van der Waals surface area contributed by atoms with Crippen molar-refractivity contribution in [2.24, 2.45) is 0 Å². The first-order valence-electron chi connectivity index (χ1n) is 3.89. The van der Waals surface area contributed by atoms with E-state index in [0.29, 0.717) is 5.13 Å². The SMILES string of the molecule is Cc1cnccc1-c1cnc(N)s1. The minimum atomic E-state index is 0.603. The van der Waals surface area contributed by atoms with Gasteiger partial charge in [0.05, 0.1) is 4.88 Å². The van der Waals surface area contributed by atoms with Gasteiger partial charge >= 0.3 is 0 Å². The van der Waals surface area contributed by atoms with Gasteiger partial charge in [-0.3, -0.25) is 4.98 Å². The molecule has 0 spiro atoms. The molecule has 3 nitrogen and oxygen atoms in total. The summed E-state index contributed by atoms with van der Waals surface area (Å²) in [5.41, 5.74) is 7.86. The van der Waals surface area contributed by atoms with Gasteiger partial charge in [-0.15, -0.1) is 0 Å². The standard InChI is InChI=1S/C9H9N3S/c1-6-4-11-3-2-7(6)8-5-12-9(10)13-8/h2-5H,1H3,(H2,10,12). The first-order valence-corrected chi connectivity index (χ1v) is 4.71. The summed E-state index contributed by atoms with van der Waals surface area (Å²) in [6, 6.07) is 1.97. The number of thiazole rings is 1. The van der Waals surface area contributed by atoms with Crippen LogP contribution in [0.3, 0.4) is 0 Å². The molecular weight excluding hydrogens is 182 g/mol. The largest absolute Gasteiger partial charge is 0.375 e. The van der Waals surface area contributed by atoms with E-state index in [2.05, 4.69) is 9.97 Å². The molecule has 0 bridgehead atoms. The molecule has 4 heteroatoms. The first kappa shape index (κ1) is 8.19. The van der Waals surface area contributed by atoms with Crippen molar-refractivity contribution >= 4 is 16.5 Å². The lowest BCUT2D eigenvalue weighted by atomic mass is 10.1. The summed E-state index contributed by atoms with van der Waals surface area (Å²) in [5, 5.41) is 0.603. The van der Waals surface area contributed by atoms with Gasteiger partial charge in [-0.25, -0.2) is 4.98 Å². The van der Waals surface area contributed by atoms with Gasteiger partial charge in [-0.1, -0.05) is 11.3 Å². The highest BCUT2D eigenvalue weighted by Crippen LogP contribution is 2.28. The van der Waals surface area contributed by atoms with Crippen LogP contribution in [0.15, 0.2) is 24.7 Å². The fourth-order valence-electron chi connectivity index (χ4n) is 1.16. The Hall–Kier alpha value is -1.42. The molecule has 0 aliphatic heterocycles. The Morgan fingerprint density at radius 1 is 1.38 bits per heavy atom. The second kappa shape index (κ2) is 3.14. The molecule has 2 N–H and O–H groups in total.